The van der Waals surface area contributed by atoms with E-state index in [1.54, 1.807) is 25.3 Å². The SMILES string of the molecule is COc1ccc(C(=O)Nc2ccc(Br)cc2)cc1COCc1ccccc1. The van der Waals surface area contributed by atoms with Crippen LogP contribution in [0.25, 0.3) is 0 Å². The van der Waals surface area contributed by atoms with E-state index in [1.165, 1.54) is 0 Å². The lowest BCUT2D eigenvalue weighted by Crippen LogP contribution is -2.12. The van der Waals surface area contributed by atoms with Crippen LogP contribution in [-0.2, 0) is 18.0 Å². The van der Waals surface area contributed by atoms with E-state index < -0.39 is 0 Å². The van der Waals surface area contributed by atoms with Gasteiger partial charge in [-0.1, -0.05) is 46.3 Å². The number of nitrogens with one attached hydrogen (secondary N) is 1. The van der Waals surface area contributed by atoms with Gasteiger partial charge in [0.2, 0.25) is 0 Å². The van der Waals surface area contributed by atoms with Crippen molar-refractivity contribution in [1.29, 1.82) is 0 Å². The normalized spacial score (nSPS) is 10.4. The molecule has 0 spiro atoms. The molecule has 3 rings (SSSR count). The van der Waals surface area contributed by atoms with Crippen molar-refractivity contribution in [3.05, 3.63) is 94.0 Å². The third-order valence-electron chi connectivity index (χ3n) is 4.01. The molecule has 0 aliphatic heterocycles. The van der Waals surface area contributed by atoms with Crippen molar-refractivity contribution in [2.75, 3.05) is 12.4 Å². The maximum absolute atomic E-state index is 12.5. The fourth-order valence-electron chi connectivity index (χ4n) is 2.62. The average molecular weight is 426 g/mol. The summed E-state index contributed by atoms with van der Waals surface area (Å²) in [4.78, 5) is 12.5. The van der Waals surface area contributed by atoms with Crippen molar-refractivity contribution < 1.29 is 14.3 Å². The number of carbonyl (C=O) groups excluding carboxylic acids is 1. The van der Waals surface area contributed by atoms with Crippen molar-refractivity contribution in [1.82, 2.24) is 0 Å². The van der Waals surface area contributed by atoms with Crippen molar-refractivity contribution >= 4 is 27.5 Å². The summed E-state index contributed by atoms with van der Waals surface area (Å²) in [6, 6.07) is 22.7. The van der Waals surface area contributed by atoms with Crippen molar-refractivity contribution in [2.24, 2.45) is 0 Å². The zero-order chi connectivity index (χ0) is 19.1. The van der Waals surface area contributed by atoms with Crippen molar-refractivity contribution in [3.8, 4) is 5.75 Å². The first-order chi connectivity index (χ1) is 13.2. The number of methoxy groups -OCH3 is 1. The van der Waals surface area contributed by atoms with Gasteiger partial charge in [0.05, 0.1) is 20.3 Å². The van der Waals surface area contributed by atoms with E-state index in [0.717, 1.165) is 21.3 Å². The Morgan fingerprint density at radius 1 is 0.963 bits per heavy atom. The second kappa shape index (κ2) is 9.35. The van der Waals surface area contributed by atoms with Gasteiger partial charge in [0.25, 0.3) is 5.91 Å². The summed E-state index contributed by atoms with van der Waals surface area (Å²) < 4.78 is 12.2. The Morgan fingerprint density at radius 2 is 1.70 bits per heavy atom. The van der Waals surface area contributed by atoms with Gasteiger partial charge in [-0.05, 0) is 48.0 Å². The minimum absolute atomic E-state index is 0.177. The molecule has 3 aromatic carbocycles. The third-order valence-corrected chi connectivity index (χ3v) is 4.54. The van der Waals surface area contributed by atoms with Gasteiger partial charge in [-0.25, -0.2) is 0 Å². The molecule has 138 valence electrons. The lowest BCUT2D eigenvalue weighted by Gasteiger charge is -2.12. The highest BCUT2D eigenvalue weighted by Gasteiger charge is 2.11. The summed E-state index contributed by atoms with van der Waals surface area (Å²) in [7, 11) is 1.61. The monoisotopic (exact) mass is 425 g/mol. The quantitative estimate of drug-likeness (QED) is 0.548. The van der Waals surface area contributed by atoms with E-state index in [-0.39, 0.29) is 5.91 Å². The number of hydrogen-bond donors (Lipinski definition) is 1. The molecule has 27 heavy (non-hydrogen) atoms. The Kier molecular flexibility index (Phi) is 6.63. The number of ether oxygens (including phenoxy) is 2. The standard InChI is InChI=1S/C22H20BrNO3/c1-26-21-12-7-17(22(25)24-20-10-8-19(23)9-11-20)13-18(21)15-27-14-16-5-3-2-4-6-16/h2-13H,14-15H2,1H3,(H,24,25). The molecule has 0 bridgehead atoms. The van der Waals surface area contributed by atoms with Gasteiger partial charge in [0, 0.05) is 21.3 Å². The van der Waals surface area contributed by atoms with Gasteiger partial charge >= 0.3 is 0 Å². The number of amides is 1. The molecule has 0 aromatic heterocycles. The van der Waals surface area contributed by atoms with E-state index in [0.29, 0.717) is 24.5 Å². The van der Waals surface area contributed by atoms with Gasteiger partial charge in [-0.2, -0.15) is 0 Å². The zero-order valence-corrected chi connectivity index (χ0v) is 16.5. The molecular formula is C22H20BrNO3. The topological polar surface area (TPSA) is 47.6 Å². The number of halogens is 1. The van der Waals surface area contributed by atoms with Gasteiger partial charge in [0.15, 0.2) is 0 Å². The third kappa shape index (κ3) is 5.42. The van der Waals surface area contributed by atoms with Crippen LogP contribution in [0.1, 0.15) is 21.5 Å². The number of hydrogen-bond acceptors (Lipinski definition) is 3. The zero-order valence-electron chi connectivity index (χ0n) is 14.9. The van der Waals surface area contributed by atoms with Crippen LogP contribution in [0, 0.1) is 0 Å². The van der Waals surface area contributed by atoms with E-state index in [2.05, 4.69) is 21.2 Å². The molecular weight excluding hydrogens is 406 g/mol. The van der Waals surface area contributed by atoms with Crippen LogP contribution in [-0.4, -0.2) is 13.0 Å². The summed E-state index contributed by atoms with van der Waals surface area (Å²) in [6.07, 6.45) is 0. The fraction of sp³-hybridized carbons (Fsp3) is 0.136. The molecule has 0 saturated heterocycles. The highest BCUT2D eigenvalue weighted by molar-refractivity contribution is 9.10. The molecule has 3 aromatic rings. The number of anilines is 1. The Morgan fingerprint density at radius 3 is 2.41 bits per heavy atom. The van der Waals surface area contributed by atoms with Crippen LogP contribution in [0.5, 0.6) is 5.75 Å². The smallest absolute Gasteiger partial charge is 0.255 e. The summed E-state index contributed by atoms with van der Waals surface area (Å²) >= 11 is 3.38. The molecule has 5 heteroatoms. The number of carbonyl (C=O) groups is 1. The predicted molar refractivity (Wildman–Crippen MR) is 110 cm³/mol. The molecule has 0 unspecified atom stereocenters. The van der Waals surface area contributed by atoms with E-state index in [1.807, 2.05) is 54.6 Å². The molecule has 0 aliphatic carbocycles. The number of rotatable bonds is 7. The van der Waals surface area contributed by atoms with E-state index in [9.17, 15) is 4.79 Å². The fourth-order valence-corrected chi connectivity index (χ4v) is 2.89. The first-order valence-electron chi connectivity index (χ1n) is 8.51. The number of benzene rings is 3. The average Bonchev–Trinajstić information content (AvgIpc) is 2.70. The summed E-state index contributed by atoms with van der Waals surface area (Å²) in [5.41, 5.74) is 3.22. The molecule has 0 fully saturated rings. The second-order valence-corrected chi connectivity index (χ2v) is 6.88. The Balaban J connectivity index is 1.68. The predicted octanol–water partition coefficient (Wildman–Crippen LogP) is 5.43. The van der Waals surface area contributed by atoms with Gasteiger partial charge < -0.3 is 14.8 Å². The molecule has 0 radical (unpaired) electrons. The van der Waals surface area contributed by atoms with Crippen LogP contribution in [0.4, 0.5) is 5.69 Å². The van der Waals surface area contributed by atoms with Gasteiger partial charge in [0.1, 0.15) is 5.75 Å². The lowest BCUT2D eigenvalue weighted by atomic mass is 10.1. The van der Waals surface area contributed by atoms with Crippen LogP contribution in [0.2, 0.25) is 0 Å². The van der Waals surface area contributed by atoms with E-state index in [4.69, 9.17) is 9.47 Å². The molecule has 1 N–H and O–H groups in total. The maximum atomic E-state index is 12.5. The lowest BCUT2D eigenvalue weighted by molar-refractivity contribution is 0.102. The van der Waals surface area contributed by atoms with Crippen LogP contribution < -0.4 is 10.1 Å². The molecule has 0 aliphatic rings. The minimum atomic E-state index is -0.177. The molecule has 0 saturated carbocycles. The second-order valence-electron chi connectivity index (χ2n) is 5.97. The molecule has 0 heterocycles. The largest absolute Gasteiger partial charge is 0.496 e. The van der Waals surface area contributed by atoms with Crippen molar-refractivity contribution in [3.63, 3.8) is 0 Å². The van der Waals surface area contributed by atoms with Crippen LogP contribution in [0.3, 0.4) is 0 Å². The molecule has 4 nitrogen and oxygen atoms in total. The Labute approximate surface area is 167 Å². The first-order valence-corrected chi connectivity index (χ1v) is 9.30. The summed E-state index contributed by atoms with van der Waals surface area (Å²) in [5.74, 6) is 0.521. The van der Waals surface area contributed by atoms with Crippen LogP contribution >= 0.6 is 15.9 Å². The highest BCUT2D eigenvalue weighted by atomic mass is 79.9. The Hall–Kier alpha value is -2.63. The van der Waals surface area contributed by atoms with Crippen molar-refractivity contribution in [2.45, 2.75) is 13.2 Å². The highest BCUT2D eigenvalue weighted by Crippen LogP contribution is 2.22. The van der Waals surface area contributed by atoms with Crippen LogP contribution in [0.15, 0.2) is 77.3 Å². The first kappa shape index (κ1) is 19.1. The molecule has 0 atom stereocenters. The van der Waals surface area contributed by atoms with Gasteiger partial charge in [-0.15, -0.1) is 0 Å². The summed E-state index contributed by atoms with van der Waals surface area (Å²) in [5, 5.41) is 2.89. The van der Waals surface area contributed by atoms with Gasteiger partial charge in [-0.3, -0.25) is 4.79 Å². The minimum Gasteiger partial charge on any atom is -0.496 e. The van der Waals surface area contributed by atoms with E-state index >= 15 is 0 Å². The molecule has 1 amide bonds. The maximum Gasteiger partial charge on any atom is 0.255 e. The Bertz CT molecular complexity index is 895. The summed E-state index contributed by atoms with van der Waals surface area (Å²) in [6.45, 7) is 0.858.